The lowest BCUT2D eigenvalue weighted by Gasteiger charge is -2.27. The smallest absolute Gasteiger partial charge is 0.318 e. The number of amides is 2. The van der Waals surface area contributed by atoms with Crippen molar-refractivity contribution in [3.63, 3.8) is 0 Å². The summed E-state index contributed by atoms with van der Waals surface area (Å²) in [6.45, 7) is 0.958. The van der Waals surface area contributed by atoms with Crippen LogP contribution < -0.4 is 10.9 Å². The van der Waals surface area contributed by atoms with Gasteiger partial charge in [-0.25, -0.2) is 18.7 Å². The van der Waals surface area contributed by atoms with Crippen molar-refractivity contribution >= 4 is 11.7 Å². The van der Waals surface area contributed by atoms with Crippen LogP contribution in [0.15, 0.2) is 41.3 Å². The number of benzene rings is 1. The second-order valence-corrected chi connectivity index (χ2v) is 5.96. The molecule has 1 aromatic carbocycles. The van der Waals surface area contributed by atoms with Gasteiger partial charge in [0.2, 0.25) is 0 Å². The maximum absolute atomic E-state index is 13.2. The predicted octanol–water partition coefficient (Wildman–Crippen LogP) is 1.43. The van der Waals surface area contributed by atoms with E-state index in [0.717, 1.165) is 0 Å². The Hall–Kier alpha value is -3.16. The summed E-state index contributed by atoms with van der Waals surface area (Å²) in [5.74, 6) is -0.334. The van der Waals surface area contributed by atoms with Crippen molar-refractivity contribution in [2.45, 2.75) is 19.5 Å². The van der Waals surface area contributed by atoms with Gasteiger partial charge in [0.1, 0.15) is 5.82 Å². The Kier molecular flexibility index (Phi) is 3.72. The Bertz CT molecular complexity index is 1010. The van der Waals surface area contributed by atoms with Crippen molar-refractivity contribution < 1.29 is 9.18 Å². The zero-order chi connectivity index (χ0) is 17.4. The molecule has 3 aromatic rings. The monoisotopic (exact) mass is 341 g/mol. The van der Waals surface area contributed by atoms with E-state index >= 15 is 0 Å². The first-order valence-electron chi connectivity index (χ1n) is 7.97. The van der Waals surface area contributed by atoms with Crippen LogP contribution in [-0.2, 0) is 19.5 Å². The predicted molar refractivity (Wildman–Crippen MR) is 88.6 cm³/mol. The molecule has 0 saturated carbocycles. The first kappa shape index (κ1) is 15.4. The summed E-state index contributed by atoms with van der Waals surface area (Å²) in [5, 5.41) is 5.61. The molecule has 4 rings (SSSR count). The Morgan fingerprint density at radius 1 is 1.36 bits per heavy atom. The molecule has 0 radical (unpaired) electrons. The maximum atomic E-state index is 13.2. The minimum atomic E-state index is -0.334. The number of H-pyrrole nitrogens is 1. The Morgan fingerprint density at radius 2 is 2.24 bits per heavy atom. The van der Waals surface area contributed by atoms with Gasteiger partial charge in [-0.2, -0.15) is 0 Å². The fourth-order valence-electron chi connectivity index (χ4n) is 3.04. The summed E-state index contributed by atoms with van der Waals surface area (Å²) in [6, 6.07) is 7.55. The first-order valence-corrected chi connectivity index (χ1v) is 7.97. The first-order chi connectivity index (χ1) is 12.1. The molecule has 0 atom stereocenters. The van der Waals surface area contributed by atoms with Gasteiger partial charge >= 0.3 is 6.03 Å². The third-order valence-corrected chi connectivity index (χ3v) is 4.32. The van der Waals surface area contributed by atoms with Crippen LogP contribution >= 0.6 is 0 Å². The van der Waals surface area contributed by atoms with E-state index in [0.29, 0.717) is 35.4 Å². The third kappa shape index (κ3) is 2.86. The van der Waals surface area contributed by atoms with E-state index < -0.39 is 0 Å². The molecule has 8 heteroatoms. The molecule has 1 aliphatic heterocycles. The number of hydrogen-bond donors (Lipinski definition) is 2. The highest BCUT2D eigenvalue weighted by atomic mass is 19.1. The number of aromatic amines is 1. The SMILES string of the molecule is O=C(NCc1cccc(F)c1)N1CCc2c(nc3cc[nH]n3c2=O)C1. The van der Waals surface area contributed by atoms with E-state index in [2.05, 4.69) is 15.4 Å². The average Bonchev–Trinajstić information content (AvgIpc) is 3.08. The topological polar surface area (TPSA) is 82.5 Å². The molecule has 3 heterocycles. The largest absolute Gasteiger partial charge is 0.334 e. The molecule has 128 valence electrons. The van der Waals surface area contributed by atoms with E-state index in [9.17, 15) is 14.0 Å². The summed E-state index contributed by atoms with van der Waals surface area (Å²) >= 11 is 0. The molecule has 0 fully saturated rings. The molecule has 0 spiro atoms. The van der Waals surface area contributed by atoms with E-state index in [4.69, 9.17) is 0 Å². The van der Waals surface area contributed by atoms with Crippen molar-refractivity contribution in [3.05, 3.63) is 69.5 Å². The van der Waals surface area contributed by atoms with Crippen molar-refractivity contribution in [3.8, 4) is 0 Å². The standard InChI is InChI=1S/C17H16FN5O2/c18-12-3-1-2-11(8-12)9-19-17(25)22-7-5-13-14(10-22)21-15-4-6-20-23(15)16(13)24/h1-4,6,8,20H,5,7,9-10H2,(H,19,25). The number of nitrogens with zero attached hydrogens (tertiary/aromatic N) is 3. The van der Waals surface area contributed by atoms with E-state index in [1.165, 1.54) is 16.6 Å². The van der Waals surface area contributed by atoms with E-state index in [1.54, 1.807) is 29.3 Å². The lowest BCUT2D eigenvalue weighted by atomic mass is 10.1. The fourth-order valence-corrected chi connectivity index (χ4v) is 3.04. The highest BCUT2D eigenvalue weighted by Gasteiger charge is 2.24. The van der Waals surface area contributed by atoms with Crippen LogP contribution in [0.1, 0.15) is 16.8 Å². The Morgan fingerprint density at radius 3 is 3.08 bits per heavy atom. The molecular weight excluding hydrogens is 325 g/mol. The van der Waals surface area contributed by atoms with Gasteiger partial charge in [0.05, 0.1) is 12.2 Å². The van der Waals surface area contributed by atoms with Gasteiger partial charge in [0.15, 0.2) is 5.65 Å². The molecule has 0 saturated heterocycles. The molecular formula is C17H16FN5O2. The lowest BCUT2D eigenvalue weighted by molar-refractivity contribution is 0.190. The van der Waals surface area contributed by atoms with Crippen molar-refractivity contribution in [2.24, 2.45) is 0 Å². The minimum absolute atomic E-state index is 0.121. The van der Waals surface area contributed by atoms with Crippen molar-refractivity contribution in [1.82, 2.24) is 24.8 Å². The molecule has 2 N–H and O–H groups in total. The van der Waals surface area contributed by atoms with E-state index in [1.807, 2.05) is 0 Å². The number of fused-ring (bicyclic) bond motifs is 2. The van der Waals surface area contributed by atoms with Crippen molar-refractivity contribution in [2.75, 3.05) is 6.54 Å². The van der Waals surface area contributed by atoms with Gasteiger partial charge in [0.25, 0.3) is 5.56 Å². The van der Waals surface area contributed by atoms with Crippen LogP contribution in [0.2, 0.25) is 0 Å². The number of rotatable bonds is 2. The van der Waals surface area contributed by atoms with Gasteiger partial charge in [-0.15, -0.1) is 0 Å². The van der Waals surface area contributed by atoms with Gasteiger partial charge in [-0.1, -0.05) is 12.1 Å². The number of carbonyl (C=O) groups excluding carboxylic acids is 1. The lowest BCUT2D eigenvalue weighted by Crippen LogP contribution is -2.44. The summed E-state index contributed by atoms with van der Waals surface area (Å²) in [7, 11) is 0. The number of urea groups is 1. The minimum Gasteiger partial charge on any atom is -0.334 e. The number of halogens is 1. The highest BCUT2D eigenvalue weighted by Crippen LogP contribution is 2.15. The molecule has 0 aliphatic carbocycles. The number of carbonyl (C=O) groups is 1. The zero-order valence-electron chi connectivity index (χ0n) is 13.3. The molecule has 2 aromatic heterocycles. The summed E-state index contributed by atoms with van der Waals surface area (Å²) in [6.07, 6.45) is 2.11. The van der Waals surface area contributed by atoms with Gasteiger partial charge in [0, 0.05) is 30.9 Å². The maximum Gasteiger partial charge on any atom is 0.318 e. The van der Waals surface area contributed by atoms with Crippen LogP contribution in [0, 0.1) is 5.82 Å². The third-order valence-electron chi connectivity index (χ3n) is 4.32. The van der Waals surface area contributed by atoms with Gasteiger partial charge < -0.3 is 10.2 Å². The molecule has 2 amide bonds. The molecule has 0 unspecified atom stereocenters. The number of hydrogen-bond acceptors (Lipinski definition) is 3. The zero-order valence-corrected chi connectivity index (χ0v) is 13.3. The molecule has 7 nitrogen and oxygen atoms in total. The second kappa shape index (κ2) is 6.04. The molecule has 0 bridgehead atoms. The van der Waals surface area contributed by atoms with Crippen LogP contribution in [0.5, 0.6) is 0 Å². The van der Waals surface area contributed by atoms with Crippen LogP contribution in [0.4, 0.5) is 9.18 Å². The van der Waals surface area contributed by atoms with Crippen LogP contribution in [0.3, 0.4) is 0 Å². The quantitative estimate of drug-likeness (QED) is 0.740. The molecule has 1 aliphatic rings. The molecule has 25 heavy (non-hydrogen) atoms. The van der Waals surface area contributed by atoms with Crippen LogP contribution in [0.25, 0.3) is 5.65 Å². The van der Waals surface area contributed by atoms with Gasteiger partial charge in [-0.3, -0.25) is 9.89 Å². The van der Waals surface area contributed by atoms with Crippen LogP contribution in [-0.4, -0.2) is 32.1 Å². The van der Waals surface area contributed by atoms with E-state index in [-0.39, 0.29) is 30.5 Å². The number of aromatic nitrogens is 3. The summed E-state index contributed by atoms with van der Waals surface area (Å²) in [5.41, 5.74) is 2.36. The van der Waals surface area contributed by atoms with Crippen molar-refractivity contribution in [1.29, 1.82) is 0 Å². The second-order valence-electron chi connectivity index (χ2n) is 5.96. The Balaban J connectivity index is 1.49. The fraction of sp³-hybridized carbons (Fsp3) is 0.235. The summed E-state index contributed by atoms with van der Waals surface area (Å²) < 4.78 is 14.6. The average molecular weight is 341 g/mol. The summed E-state index contributed by atoms with van der Waals surface area (Å²) in [4.78, 5) is 30.8. The normalized spacial score (nSPS) is 13.7. The van der Waals surface area contributed by atoms with Gasteiger partial charge in [-0.05, 0) is 24.1 Å². The Labute approximate surface area is 142 Å². The highest BCUT2D eigenvalue weighted by molar-refractivity contribution is 5.74. The number of nitrogens with one attached hydrogen (secondary N) is 2.